The van der Waals surface area contributed by atoms with Crippen LogP contribution in [0.5, 0.6) is 5.75 Å². The minimum absolute atomic E-state index is 0.00304. The Bertz CT molecular complexity index is 1120. The summed E-state index contributed by atoms with van der Waals surface area (Å²) in [5, 5.41) is 3.20. The van der Waals surface area contributed by atoms with E-state index in [1.165, 1.54) is 18.2 Å². The number of aromatic nitrogens is 2. The predicted molar refractivity (Wildman–Crippen MR) is 149 cm³/mol. The summed E-state index contributed by atoms with van der Waals surface area (Å²) in [5.41, 5.74) is 4.24. The van der Waals surface area contributed by atoms with Gasteiger partial charge < -0.3 is 19.9 Å². The smallest absolute Gasteiger partial charge is 0.227 e. The number of methoxy groups -OCH3 is 1. The Morgan fingerprint density at radius 2 is 1.58 bits per heavy atom. The number of hydrogen-bond acceptors (Lipinski definition) is 6. The minimum atomic E-state index is -0.462. The lowest BCUT2D eigenvalue weighted by Gasteiger charge is -2.36. The lowest BCUT2D eigenvalue weighted by Crippen LogP contribution is -2.47. The van der Waals surface area contributed by atoms with Gasteiger partial charge in [-0.3, -0.25) is 0 Å². The van der Waals surface area contributed by atoms with E-state index in [4.69, 9.17) is 4.74 Å². The fourth-order valence-electron chi connectivity index (χ4n) is 3.91. The van der Waals surface area contributed by atoms with Crippen molar-refractivity contribution in [3.05, 3.63) is 65.6 Å². The predicted octanol–water partition coefficient (Wildman–Crippen LogP) is 6.72. The van der Waals surface area contributed by atoms with E-state index in [0.29, 0.717) is 5.95 Å². The van der Waals surface area contributed by atoms with Gasteiger partial charge in [0.2, 0.25) is 5.95 Å². The Balaban J connectivity index is 0.00000115. The zero-order valence-electron chi connectivity index (χ0n) is 22.7. The van der Waals surface area contributed by atoms with Crippen LogP contribution < -0.4 is 19.9 Å². The number of anilines is 4. The van der Waals surface area contributed by atoms with Crippen molar-refractivity contribution in [1.82, 2.24) is 9.97 Å². The van der Waals surface area contributed by atoms with Crippen molar-refractivity contribution in [2.45, 2.75) is 53.4 Å². The Kier molecular flexibility index (Phi) is 9.13. The summed E-state index contributed by atoms with van der Waals surface area (Å²) in [4.78, 5) is 13.2. The third-order valence-electron chi connectivity index (χ3n) is 6.09. The first kappa shape index (κ1) is 27.2. The van der Waals surface area contributed by atoms with Crippen LogP contribution in [-0.2, 0) is 5.41 Å². The highest BCUT2D eigenvalue weighted by molar-refractivity contribution is 5.63. The van der Waals surface area contributed by atoms with Gasteiger partial charge in [0, 0.05) is 37.6 Å². The summed E-state index contributed by atoms with van der Waals surface area (Å²) in [6, 6.07) is 14.3. The van der Waals surface area contributed by atoms with Gasteiger partial charge in [0.05, 0.1) is 13.3 Å². The highest BCUT2D eigenvalue weighted by Gasteiger charge is 2.21. The summed E-state index contributed by atoms with van der Waals surface area (Å²) < 4.78 is 19.9. The average molecular weight is 494 g/mol. The maximum absolute atomic E-state index is 14.6. The van der Waals surface area contributed by atoms with Gasteiger partial charge in [-0.2, -0.15) is 4.98 Å². The molecule has 0 radical (unpaired) electrons. The fraction of sp³-hybridized carbons (Fsp3) is 0.448. The lowest BCUT2D eigenvalue weighted by atomic mass is 9.86. The second-order valence-corrected chi connectivity index (χ2v) is 10.2. The Morgan fingerprint density at radius 3 is 2.17 bits per heavy atom. The van der Waals surface area contributed by atoms with Crippen molar-refractivity contribution in [3.8, 4) is 5.75 Å². The van der Waals surface area contributed by atoms with Gasteiger partial charge in [0.25, 0.3) is 0 Å². The molecule has 0 amide bonds. The van der Waals surface area contributed by atoms with Crippen LogP contribution in [0.15, 0.2) is 48.7 Å². The van der Waals surface area contributed by atoms with E-state index in [1.54, 1.807) is 7.11 Å². The number of piperazine rings is 1. The number of nitrogens with zero attached hydrogens (tertiary/aromatic N) is 4. The third-order valence-corrected chi connectivity index (χ3v) is 6.09. The molecule has 1 N–H and O–H groups in total. The standard InChI is InChI=1S/C26H32FN5O.C3H8/c1-18-6-7-19(26(2,3)4)16-23(18)29-24-22(27)17-28-25(30-24)32-14-12-31(13-15-32)20-8-10-21(33-5)11-9-20;1-3-2/h6-11,16-17H,12-15H2,1-5H3,(H,28,29,30);3H2,1-2H3. The Morgan fingerprint density at radius 1 is 0.972 bits per heavy atom. The number of ether oxygens (including phenoxy) is 1. The molecule has 3 aromatic rings. The molecular weight excluding hydrogens is 453 g/mol. The molecule has 7 heteroatoms. The Hall–Kier alpha value is -3.35. The molecule has 0 bridgehead atoms. The summed E-state index contributed by atoms with van der Waals surface area (Å²) in [5.74, 6) is 1.13. The van der Waals surface area contributed by atoms with E-state index < -0.39 is 5.82 Å². The van der Waals surface area contributed by atoms with Crippen molar-refractivity contribution in [2.75, 3.05) is 48.4 Å². The molecule has 6 nitrogen and oxygen atoms in total. The van der Waals surface area contributed by atoms with Gasteiger partial charge in [0.15, 0.2) is 11.6 Å². The second kappa shape index (κ2) is 12.1. The quantitative estimate of drug-likeness (QED) is 0.426. The van der Waals surface area contributed by atoms with E-state index in [9.17, 15) is 4.39 Å². The van der Waals surface area contributed by atoms with Gasteiger partial charge in [-0.15, -0.1) is 0 Å². The monoisotopic (exact) mass is 493 g/mol. The van der Waals surface area contributed by atoms with Crippen LogP contribution in [0, 0.1) is 12.7 Å². The van der Waals surface area contributed by atoms with Crippen molar-refractivity contribution >= 4 is 23.1 Å². The fourth-order valence-corrected chi connectivity index (χ4v) is 3.91. The van der Waals surface area contributed by atoms with Crippen LogP contribution in [0.4, 0.5) is 27.5 Å². The van der Waals surface area contributed by atoms with E-state index >= 15 is 0 Å². The highest BCUT2D eigenvalue weighted by Crippen LogP contribution is 2.29. The van der Waals surface area contributed by atoms with Gasteiger partial charge >= 0.3 is 0 Å². The second-order valence-electron chi connectivity index (χ2n) is 10.2. The van der Waals surface area contributed by atoms with E-state index in [-0.39, 0.29) is 11.2 Å². The Labute approximate surface area is 215 Å². The average Bonchev–Trinajstić information content (AvgIpc) is 2.86. The first-order valence-corrected chi connectivity index (χ1v) is 12.7. The molecule has 2 heterocycles. The minimum Gasteiger partial charge on any atom is -0.497 e. The molecule has 0 atom stereocenters. The number of hydrogen-bond donors (Lipinski definition) is 1. The van der Waals surface area contributed by atoms with Gasteiger partial charge in [-0.1, -0.05) is 53.2 Å². The van der Waals surface area contributed by atoms with Crippen molar-refractivity contribution in [2.24, 2.45) is 0 Å². The van der Waals surface area contributed by atoms with E-state index in [1.807, 2.05) is 19.1 Å². The molecule has 0 aliphatic carbocycles. The number of halogens is 1. The van der Waals surface area contributed by atoms with Gasteiger partial charge in [-0.05, 0) is 53.8 Å². The maximum Gasteiger partial charge on any atom is 0.227 e. The molecule has 4 rings (SSSR count). The molecule has 0 unspecified atom stereocenters. The number of aryl methyl sites for hydroxylation is 1. The molecule has 1 aliphatic heterocycles. The molecule has 1 aliphatic rings. The first-order chi connectivity index (χ1) is 17.2. The first-order valence-electron chi connectivity index (χ1n) is 12.7. The molecular formula is C29H40FN5O. The molecule has 0 spiro atoms. The SMILES string of the molecule is CCC.COc1ccc(N2CCN(c3ncc(F)c(Nc4cc(C(C)(C)C)ccc4C)n3)CC2)cc1. The van der Waals surface area contributed by atoms with Crippen LogP contribution >= 0.6 is 0 Å². The molecule has 1 saturated heterocycles. The van der Waals surface area contributed by atoms with E-state index in [2.05, 4.69) is 90.0 Å². The van der Waals surface area contributed by atoms with Gasteiger partial charge in [-0.25, -0.2) is 9.37 Å². The van der Waals surface area contributed by atoms with Crippen LogP contribution in [0.1, 0.15) is 52.2 Å². The number of benzene rings is 2. The van der Waals surface area contributed by atoms with Crippen LogP contribution in [0.3, 0.4) is 0 Å². The number of nitrogens with one attached hydrogen (secondary N) is 1. The van der Waals surface area contributed by atoms with Crippen molar-refractivity contribution in [1.29, 1.82) is 0 Å². The highest BCUT2D eigenvalue weighted by atomic mass is 19.1. The van der Waals surface area contributed by atoms with Crippen molar-refractivity contribution < 1.29 is 9.13 Å². The molecule has 2 aromatic carbocycles. The van der Waals surface area contributed by atoms with Crippen LogP contribution in [-0.4, -0.2) is 43.3 Å². The normalized spacial score (nSPS) is 13.7. The van der Waals surface area contributed by atoms with E-state index in [0.717, 1.165) is 48.9 Å². The van der Waals surface area contributed by atoms with Gasteiger partial charge in [0.1, 0.15) is 5.75 Å². The molecule has 1 fully saturated rings. The largest absolute Gasteiger partial charge is 0.497 e. The summed E-state index contributed by atoms with van der Waals surface area (Å²) in [6.07, 6.45) is 2.50. The summed E-state index contributed by atoms with van der Waals surface area (Å²) in [6.45, 7) is 15.9. The summed E-state index contributed by atoms with van der Waals surface area (Å²) >= 11 is 0. The topological polar surface area (TPSA) is 53.5 Å². The lowest BCUT2D eigenvalue weighted by molar-refractivity contribution is 0.415. The van der Waals surface area contributed by atoms with Crippen molar-refractivity contribution in [3.63, 3.8) is 0 Å². The molecule has 194 valence electrons. The maximum atomic E-state index is 14.6. The zero-order chi connectivity index (χ0) is 26.3. The molecule has 1 aromatic heterocycles. The summed E-state index contributed by atoms with van der Waals surface area (Å²) in [7, 11) is 1.67. The molecule has 0 saturated carbocycles. The zero-order valence-corrected chi connectivity index (χ0v) is 22.7. The van der Waals surface area contributed by atoms with Crippen LogP contribution in [0.25, 0.3) is 0 Å². The number of rotatable bonds is 5. The third kappa shape index (κ3) is 6.86. The molecule has 36 heavy (non-hydrogen) atoms. The van der Waals surface area contributed by atoms with Crippen LogP contribution in [0.2, 0.25) is 0 Å².